The van der Waals surface area contributed by atoms with Gasteiger partial charge in [0.25, 0.3) is 5.91 Å². The number of nitrogens with one attached hydrogen (secondary N) is 2. The molecule has 3 N–H and O–H groups in total. The van der Waals surface area contributed by atoms with E-state index >= 15 is 0 Å². The fourth-order valence-corrected chi connectivity index (χ4v) is 4.87. The number of carbonyl (C=O) groups is 3. The molecule has 2 aromatic carbocycles. The Bertz CT molecular complexity index is 1390. The fourth-order valence-electron chi connectivity index (χ4n) is 4.87. The van der Waals surface area contributed by atoms with Crippen molar-refractivity contribution in [2.24, 2.45) is 22.7 Å². The minimum Gasteiger partial charge on any atom is -0.495 e. The number of anilines is 1. The fraction of sp³-hybridized carbons (Fsp3) is 0.429. The van der Waals surface area contributed by atoms with Crippen LogP contribution in [0.3, 0.4) is 0 Å². The van der Waals surface area contributed by atoms with Crippen molar-refractivity contribution >= 4 is 29.2 Å². The Kier molecular flexibility index (Phi) is 8.83. The maximum atomic E-state index is 13.5. The lowest BCUT2D eigenvalue weighted by Crippen LogP contribution is -2.47. The topological polar surface area (TPSA) is 117 Å². The predicted octanol–water partition coefficient (Wildman–Crippen LogP) is 5.41. The number of nitrogens with zero attached hydrogens (tertiary/aromatic N) is 1. The van der Waals surface area contributed by atoms with Crippen molar-refractivity contribution < 1.29 is 50.6 Å². The van der Waals surface area contributed by atoms with Crippen molar-refractivity contribution in [3.63, 3.8) is 0 Å². The number of methoxy groups -OCH3 is 1. The van der Waals surface area contributed by atoms with E-state index < -0.39 is 66.5 Å². The minimum atomic E-state index is -4.71. The summed E-state index contributed by atoms with van der Waals surface area (Å²) >= 11 is 0. The summed E-state index contributed by atoms with van der Waals surface area (Å²) in [5.74, 6) is -6.55. The van der Waals surface area contributed by atoms with Crippen LogP contribution in [0, 0.1) is 17.8 Å². The van der Waals surface area contributed by atoms with E-state index in [1.165, 1.54) is 31.4 Å². The SMILES string of the molecule is COc1cccc2c1NC(=O)C(NC(=O)C(CCC(F)(F)F)C(CC1CC1)C(=O)O)N=C2c1cccc(C(F)(F)F)c1. The number of fused-ring (bicyclic) bond motifs is 1. The average Bonchev–Trinajstić information content (AvgIpc) is 3.74. The van der Waals surface area contributed by atoms with Gasteiger partial charge in [0.1, 0.15) is 5.75 Å². The standard InChI is InChI=1S/C28H27F6N3O5/c1-42-20-7-3-6-18-21(15-4-2-5-16(13-15)28(32,33)34)35-23(25(39)36-22(18)20)37-24(38)17(10-11-27(29,30)31)19(26(40)41)12-14-8-9-14/h2-7,13-14,17,19,23H,8-12H2,1H3,(H,36,39)(H,37,38)(H,40,41). The van der Waals surface area contributed by atoms with Gasteiger partial charge in [-0.2, -0.15) is 26.3 Å². The first-order valence-corrected chi connectivity index (χ1v) is 13.0. The molecule has 1 aliphatic heterocycles. The molecule has 42 heavy (non-hydrogen) atoms. The van der Waals surface area contributed by atoms with Crippen LogP contribution in [-0.4, -0.2) is 48.1 Å². The van der Waals surface area contributed by atoms with Gasteiger partial charge in [-0.3, -0.25) is 14.4 Å². The van der Waals surface area contributed by atoms with Gasteiger partial charge in [-0.1, -0.05) is 37.1 Å². The Labute approximate surface area is 236 Å². The second kappa shape index (κ2) is 12.0. The highest BCUT2D eigenvalue weighted by Gasteiger charge is 2.42. The Morgan fingerprint density at radius 3 is 2.38 bits per heavy atom. The third-order valence-corrected chi connectivity index (χ3v) is 7.16. The Morgan fingerprint density at radius 1 is 1.10 bits per heavy atom. The summed E-state index contributed by atoms with van der Waals surface area (Å²) in [5, 5.41) is 14.6. The smallest absolute Gasteiger partial charge is 0.416 e. The first-order valence-electron chi connectivity index (χ1n) is 13.0. The van der Waals surface area contributed by atoms with Crippen molar-refractivity contribution in [1.29, 1.82) is 0 Å². The highest BCUT2D eigenvalue weighted by atomic mass is 19.4. The summed E-state index contributed by atoms with van der Waals surface area (Å²) in [6.45, 7) is 0. The van der Waals surface area contributed by atoms with Crippen LogP contribution >= 0.6 is 0 Å². The number of aliphatic imine (C=N–C) groups is 1. The number of rotatable bonds is 10. The number of benzene rings is 2. The van der Waals surface area contributed by atoms with E-state index in [0.717, 1.165) is 18.2 Å². The van der Waals surface area contributed by atoms with E-state index in [-0.39, 0.29) is 40.6 Å². The molecular weight excluding hydrogens is 572 g/mol. The van der Waals surface area contributed by atoms with Crippen LogP contribution < -0.4 is 15.4 Å². The average molecular weight is 600 g/mol. The van der Waals surface area contributed by atoms with Gasteiger partial charge in [-0.25, -0.2) is 4.99 Å². The molecule has 1 saturated carbocycles. The number of carbonyl (C=O) groups excluding carboxylic acids is 2. The largest absolute Gasteiger partial charge is 0.495 e. The molecule has 226 valence electrons. The van der Waals surface area contributed by atoms with E-state index in [4.69, 9.17) is 4.74 Å². The lowest BCUT2D eigenvalue weighted by Gasteiger charge is -2.25. The van der Waals surface area contributed by atoms with Gasteiger partial charge < -0.3 is 20.5 Å². The molecule has 0 bridgehead atoms. The molecule has 4 rings (SSSR count). The van der Waals surface area contributed by atoms with Crippen LogP contribution in [0.1, 0.15) is 48.8 Å². The first kappa shape index (κ1) is 30.8. The summed E-state index contributed by atoms with van der Waals surface area (Å²) < 4.78 is 85.2. The summed E-state index contributed by atoms with van der Waals surface area (Å²) in [5.41, 5.74) is -1.01. The number of hydrogen-bond donors (Lipinski definition) is 3. The number of carboxylic acid groups (broad SMARTS) is 1. The Morgan fingerprint density at radius 2 is 1.79 bits per heavy atom. The zero-order valence-electron chi connectivity index (χ0n) is 22.2. The van der Waals surface area contributed by atoms with Gasteiger partial charge in [0.15, 0.2) is 0 Å². The number of amides is 2. The quantitative estimate of drug-likeness (QED) is 0.316. The van der Waals surface area contributed by atoms with Gasteiger partial charge >= 0.3 is 18.3 Å². The molecule has 1 aliphatic carbocycles. The molecule has 2 amide bonds. The van der Waals surface area contributed by atoms with Crippen molar-refractivity contribution in [3.05, 3.63) is 59.2 Å². The van der Waals surface area contributed by atoms with E-state index in [2.05, 4.69) is 15.6 Å². The number of carboxylic acids is 1. The second-order valence-corrected chi connectivity index (χ2v) is 10.2. The number of aliphatic carboxylic acids is 1. The monoisotopic (exact) mass is 599 g/mol. The van der Waals surface area contributed by atoms with Crippen molar-refractivity contribution in [2.75, 3.05) is 12.4 Å². The summed E-state index contributed by atoms with van der Waals surface area (Å²) in [4.78, 5) is 42.9. The number of ether oxygens (including phenoxy) is 1. The van der Waals surface area contributed by atoms with Crippen LogP contribution in [0.4, 0.5) is 32.0 Å². The molecule has 14 heteroatoms. The summed E-state index contributed by atoms with van der Waals surface area (Å²) in [7, 11) is 1.30. The number of halogens is 6. The zero-order chi connectivity index (χ0) is 30.8. The Balaban J connectivity index is 1.75. The van der Waals surface area contributed by atoms with E-state index in [0.29, 0.717) is 12.8 Å². The van der Waals surface area contributed by atoms with Crippen molar-refractivity contribution in [3.8, 4) is 5.75 Å². The first-order chi connectivity index (χ1) is 19.7. The molecule has 3 atom stereocenters. The predicted molar refractivity (Wildman–Crippen MR) is 138 cm³/mol. The summed E-state index contributed by atoms with van der Waals surface area (Å²) in [6, 6.07) is 8.54. The summed E-state index contributed by atoms with van der Waals surface area (Å²) in [6.07, 6.45) is -12.1. The molecule has 0 radical (unpaired) electrons. The van der Waals surface area contributed by atoms with Crippen LogP contribution in [0.15, 0.2) is 47.5 Å². The number of benzodiazepines with no additional fused rings is 1. The molecule has 2 aliphatic rings. The minimum absolute atomic E-state index is 0.0104. The Hall–Kier alpha value is -4.10. The molecule has 8 nitrogen and oxygen atoms in total. The maximum Gasteiger partial charge on any atom is 0.416 e. The van der Waals surface area contributed by atoms with Gasteiger partial charge in [0.2, 0.25) is 12.1 Å². The third-order valence-electron chi connectivity index (χ3n) is 7.16. The van der Waals surface area contributed by atoms with Crippen LogP contribution in [0.25, 0.3) is 0 Å². The van der Waals surface area contributed by atoms with E-state index in [1.54, 1.807) is 0 Å². The highest BCUT2D eigenvalue weighted by molar-refractivity contribution is 6.20. The van der Waals surface area contributed by atoms with Gasteiger partial charge in [-0.15, -0.1) is 0 Å². The van der Waals surface area contributed by atoms with Crippen LogP contribution in [0.5, 0.6) is 5.75 Å². The molecule has 2 aromatic rings. The highest BCUT2D eigenvalue weighted by Crippen LogP contribution is 2.40. The maximum absolute atomic E-state index is 13.5. The van der Waals surface area contributed by atoms with Gasteiger partial charge in [0, 0.05) is 17.5 Å². The number of alkyl halides is 6. The second-order valence-electron chi connectivity index (χ2n) is 10.2. The lowest BCUT2D eigenvalue weighted by atomic mass is 9.83. The molecule has 0 aromatic heterocycles. The molecule has 0 spiro atoms. The van der Waals surface area contributed by atoms with Crippen molar-refractivity contribution in [2.45, 2.75) is 50.6 Å². The van der Waals surface area contributed by atoms with E-state index in [1.807, 2.05) is 0 Å². The van der Waals surface area contributed by atoms with Crippen LogP contribution in [-0.2, 0) is 20.6 Å². The molecular formula is C28H27F6N3O5. The number of hydrogen-bond acceptors (Lipinski definition) is 5. The van der Waals surface area contributed by atoms with Gasteiger partial charge in [-0.05, 0) is 37.0 Å². The van der Waals surface area contributed by atoms with Gasteiger partial charge in [0.05, 0.1) is 35.9 Å². The molecule has 0 saturated heterocycles. The number of para-hydroxylation sites is 1. The molecule has 1 fully saturated rings. The zero-order valence-corrected chi connectivity index (χ0v) is 22.2. The molecule has 3 unspecified atom stereocenters. The lowest BCUT2D eigenvalue weighted by molar-refractivity contribution is -0.154. The normalized spacial score (nSPS) is 18.6. The molecule has 1 heterocycles. The van der Waals surface area contributed by atoms with Crippen molar-refractivity contribution in [1.82, 2.24) is 5.32 Å². The van der Waals surface area contributed by atoms with E-state index in [9.17, 15) is 45.8 Å². The van der Waals surface area contributed by atoms with Crippen LogP contribution in [0.2, 0.25) is 0 Å². The third kappa shape index (κ3) is 7.39.